The van der Waals surface area contributed by atoms with Crippen LogP contribution in [-0.2, 0) is 12.3 Å². The molecule has 0 unspecified atom stereocenters. The molecule has 9 nitrogen and oxygen atoms in total. The molecule has 0 aliphatic carbocycles. The number of ether oxygens (including phenoxy) is 1. The van der Waals surface area contributed by atoms with Gasteiger partial charge in [-0.3, -0.25) is 9.59 Å². The Bertz CT molecular complexity index is 1350. The van der Waals surface area contributed by atoms with Crippen LogP contribution in [0.1, 0.15) is 41.9 Å². The number of aromatic amines is 1. The molecule has 170 valence electrons. The van der Waals surface area contributed by atoms with Gasteiger partial charge < -0.3 is 19.6 Å². The van der Waals surface area contributed by atoms with Crippen molar-refractivity contribution in [3.63, 3.8) is 0 Å². The summed E-state index contributed by atoms with van der Waals surface area (Å²) in [6, 6.07) is 13.9. The molecule has 0 saturated carbocycles. The minimum atomic E-state index is -0.372. The van der Waals surface area contributed by atoms with E-state index in [0.29, 0.717) is 51.3 Å². The number of amides is 1. The van der Waals surface area contributed by atoms with Crippen molar-refractivity contribution in [3.8, 4) is 5.75 Å². The molecule has 4 rings (SSSR count). The molecule has 10 heteroatoms. The molecule has 1 atom stereocenters. The van der Waals surface area contributed by atoms with E-state index < -0.39 is 0 Å². The van der Waals surface area contributed by atoms with Gasteiger partial charge in [0.2, 0.25) is 0 Å². The van der Waals surface area contributed by atoms with Gasteiger partial charge in [0, 0.05) is 6.54 Å². The number of carbonyl (C=O) groups is 1. The maximum Gasteiger partial charge on any atom is 0.258 e. The highest BCUT2D eigenvalue weighted by Crippen LogP contribution is 2.24. The van der Waals surface area contributed by atoms with E-state index in [9.17, 15) is 9.59 Å². The molecular weight excluding hydrogens is 440 g/mol. The minimum absolute atomic E-state index is 0.165. The lowest BCUT2D eigenvalue weighted by Crippen LogP contribution is -2.29. The van der Waals surface area contributed by atoms with E-state index in [0.717, 1.165) is 0 Å². The fourth-order valence-corrected chi connectivity index (χ4v) is 4.41. The molecule has 2 aromatic carbocycles. The number of hydrogen-bond acceptors (Lipinski definition) is 7. The van der Waals surface area contributed by atoms with Crippen molar-refractivity contribution in [1.29, 1.82) is 0 Å². The third-order valence-electron chi connectivity index (χ3n) is 5.15. The first-order valence-corrected chi connectivity index (χ1v) is 11.5. The van der Waals surface area contributed by atoms with Crippen LogP contribution in [0, 0.1) is 0 Å². The van der Waals surface area contributed by atoms with Crippen LogP contribution in [0.3, 0.4) is 0 Å². The van der Waals surface area contributed by atoms with Crippen molar-refractivity contribution in [2.45, 2.75) is 37.3 Å². The average Bonchev–Trinajstić information content (AvgIpc) is 3.25. The number of aromatic nitrogens is 5. The predicted molar refractivity (Wildman–Crippen MR) is 126 cm³/mol. The molecular formula is C23H24N6O3S. The van der Waals surface area contributed by atoms with Gasteiger partial charge in [0.15, 0.2) is 11.0 Å². The highest BCUT2D eigenvalue weighted by Gasteiger charge is 2.21. The fourth-order valence-electron chi connectivity index (χ4n) is 3.53. The van der Waals surface area contributed by atoms with Crippen LogP contribution in [0.2, 0.25) is 0 Å². The van der Waals surface area contributed by atoms with E-state index in [1.807, 2.05) is 42.7 Å². The summed E-state index contributed by atoms with van der Waals surface area (Å²) in [4.78, 5) is 32.4. The van der Waals surface area contributed by atoms with Crippen LogP contribution in [-0.4, -0.2) is 37.7 Å². The van der Waals surface area contributed by atoms with Gasteiger partial charge in [-0.15, -0.1) is 10.2 Å². The van der Waals surface area contributed by atoms with Gasteiger partial charge >= 0.3 is 0 Å². The summed E-state index contributed by atoms with van der Waals surface area (Å²) in [5.74, 6) is 1.89. The van der Waals surface area contributed by atoms with Gasteiger partial charge in [-0.25, -0.2) is 4.98 Å². The summed E-state index contributed by atoms with van der Waals surface area (Å²) in [6.45, 7) is 4.48. The van der Waals surface area contributed by atoms with Crippen molar-refractivity contribution in [2.75, 3.05) is 7.11 Å². The number of fused-ring (bicyclic) bond motifs is 1. The Morgan fingerprint density at radius 3 is 2.73 bits per heavy atom. The van der Waals surface area contributed by atoms with Crippen molar-refractivity contribution >= 4 is 28.6 Å². The highest BCUT2D eigenvalue weighted by molar-refractivity contribution is 7.98. The lowest BCUT2D eigenvalue weighted by molar-refractivity contribution is 0.0934. The SMILES string of the molecule is CCn1c(SCc2nc3ccccc3c(=O)[nH]2)nnc1[C@@H](C)NC(=O)c1ccccc1OC. The third kappa shape index (κ3) is 4.75. The number of thioether (sulfide) groups is 1. The zero-order valence-corrected chi connectivity index (χ0v) is 19.3. The first kappa shape index (κ1) is 22.5. The van der Waals surface area contributed by atoms with Crippen LogP contribution in [0.4, 0.5) is 0 Å². The minimum Gasteiger partial charge on any atom is -0.496 e. The molecule has 0 fully saturated rings. The van der Waals surface area contributed by atoms with Crippen molar-refractivity contribution < 1.29 is 9.53 Å². The van der Waals surface area contributed by atoms with E-state index in [1.54, 1.807) is 24.3 Å². The Morgan fingerprint density at radius 2 is 1.94 bits per heavy atom. The molecule has 0 saturated heterocycles. The lowest BCUT2D eigenvalue weighted by Gasteiger charge is -2.16. The zero-order valence-electron chi connectivity index (χ0n) is 18.5. The molecule has 1 amide bonds. The number of para-hydroxylation sites is 2. The van der Waals surface area contributed by atoms with Crippen LogP contribution in [0.15, 0.2) is 58.5 Å². The molecule has 0 radical (unpaired) electrons. The number of H-pyrrole nitrogens is 1. The van der Waals surface area contributed by atoms with Crippen LogP contribution in [0.25, 0.3) is 10.9 Å². The van der Waals surface area contributed by atoms with Gasteiger partial charge in [0.05, 0.1) is 35.4 Å². The second-order valence-electron chi connectivity index (χ2n) is 7.30. The molecule has 0 aliphatic rings. The standard InChI is InChI=1S/C23H24N6O3S/c1-4-29-20(14(2)24-22(31)16-10-6-8-12-18(16)32-3)27-28-23(29)33-13-19-25-17-11-7-5-9-15(17)21(30)26-19/h5-12,14H,4,13H2,1-3H3,(H,24,31)(H,25,26,30)/t14-/m1/s1. The number of nitrogens with zero attached hydrogens (tertiary/aromatic N) is 4. The Balaban J connectivity index is 1.50. The molecule has 2 aromatic heterocycles. The number of benzene rings is 2. The second-order valence-corrected chi connectivity index (χ2v) is 8.24. The number of hydrogen-bond donors (Lipinski definition) is 2. The Morgan fingerprint density at radius 1 is 1.18 bits per heavy atom. The Kier molecular flexibility index (Phi) is 6.74. The molecule has 0 aliphatic heterocycles. The second kappa shape index (κ2) is 9.86. The van der Waals surface area contributed by atoms with Gasteiger partial charge in [-0.1, -0.05) is 36.0 Å². The molecule has 2 heterocycles. The Hall–Kier alpha value is -3.66. The van der Waals surface area contributed by atoms with E-state index >= 15 is 0 Å². The van der Waals surface area contributed by atoms with E-state index in [2.05, 4.69) is 25.5 Å². The van der Waals surface area contributed by atoms with Gasteiger partial charge in [-0.2, -0.15) is 0 Å². The van der Waals surface area contributed by atoms with E-state index in [1.165, 1.54) is 18.9 Å². The highest BCUT2D eigenvalue weighted by atomic mass is 32.2. The summed E-state index contributed by atoms with van der Waals surface area (Å²) in [5, 5.41) is 12.8. The number of nitrogens with one attached hydrogen (secondary N) is 2. The van der Waals surface area contributed by atoms with Crippen LogP contribution < -0.4 is 15.6 Å². The molecule has 4 aromatic rings. The number of methoxy groups -OCH3 is 1. The van der Waals surface area contributed by atoms with Crippen molar-refractivity contribution in [2.24, 2.45) is 0 Å². The first-order valence-electron chi connectivity index (χ1n) is 10.5. The summed E-state index contributed by atoms with van der Waals surface area (Å²) >= 11 is 1.43. The van der Waals surface area contributed by atoms with Crippen LogP contribution >= 0.6 is 11.8 Å². The number of rotatable bonds is 8. The monoisotopic (exact) mass is 464 g/mol. The summed E-state index contributed by atoms with van der Waals surface area (Å²) in [6.07, 6.45) is 0. The maximum atomic E-state index is 12.8. The third-order valence-corrected chi connectivity index (χ3v) is 6.13. The Labute approximate surface area is 194 Å². The number of carbonyl (C=O) groups excluding carboxylic acids is 1. The van der Waals surface area contributed by atoms with Gasteiger partial charge in [-0.05, 0) is 38.1 Å². The topological polar surface area (TPSA) is 115 Å². The maximum absolute atomic E-state index is 12.8. The fraction of sp³-hybridized carbons (Fsp3) is 0.261. The van der Waals surface area contributed by atoms with Gasteiger partial charge in [0.25, 0.3) is 11.5 Å². The summed E-state index contributed by atoms with van der Waals surface area (Å²) in [7, 11) is 1.53. The summed E-state index contributed by atoms with van der Waals surface area (Å²) < 4.78 is 7.22. The molecule has 0 bridgehead atoms. The summed E-state index contributed by atoms with van der Waals surface area (Å²) in [5.41, 5.74) is 0.944. The lowest BCUT2D eigenvalue weighted by atomic mass is 10.1. The smallest absolute Gasteiger partial charge is 0.258 e. The molecule has 33 heavy (non-hydrogen) atoms. The van der Waals surface area contributed by atoms with Crippen molar-refractivity contribution in [3.05, 3.63) is 76.1 Å². The van der Waals surface area contributed by atoms with Crippen LogP contribution in [0.5, 0.6) is 5.75 Å². The zero-order chi connectivity index (χ0) is 23.4. The quantitative estimate of drug-likeness (QED) is 0.384. The average molecular weight is 465 g/mol. The van der Waals surface area contributed by atoms with E-state index in [4.69, 9.17) is 4.74 Å². The van der Waals surface area contributed by atoms with Gasteiger partial charge in [0.1, 0.15) is 11.6 Å². The predicted octanol–water partition coefficient (Wildman–Crippen LogP) is 3.33. The first-order chi connectivity index (χ1) is 16.0. The largest absolute Gasteiger partial charge is 0.496 e. The van der Waals surface area contributed by atoms with E-state index in [-0.39, 0.29) is 17.5 Å². The molecule has 0 spiro atoms. The molecule has 2 N–H and O–H groups in total. The van der Waals surface area contributed by atoms with Crippen molar-refractivity contribution in [1.82, 2.24) is 30.0 Å². The normalized spacial score (nSPS) is 12.0.